The quantitative estimate of drug-likeness (QED) is 0.771. The largest absolute Gasteiger partial charge is 0.384 e. The van der Waals surface area contributed by atoms with Crippen LogP contribution in [0.3, 0.4) is 0 Å². The van der Waals surface area contributed by atoms with Crippen molar-refractivity contribution in [1.29, 1.82) is 0 Å². The lowest BCUT2D eigenvalue weighted by molar-refractivity contribution is 0.219. The maximum atomic E-state index is 10.6. The van der Waals surface area contributed by atoms with Crippen LogP contribution in [0.4, 0.5) is 0 Å². The molecule has 0 bridgehead atoms. The van der Waals surface area contributed by atoms with Crippen molar-refractivity contribution in [3.05, 3.63) is 69.2 Å². The third-order valence-corrected chi connectivity index (χ3v) is 5.06. The number of rotatable bonds is 4. The first-order valence-electron chi connectivity index (χ1n) is 7.39. The van der Waals surface area contributed by atoms with Gasteiger partial charge in [0, 0.05) is 4.47 Å². The molecule has 0 saturated heterocycles. The Morgan fingerprint density at radius 3 is 2.29 bits per heavy atom. The van der Waals surface area contributed by atoms with Gasteiger partial charge in [-0.25, -0.2) is 0 Å². The Bertz CT molecular complexity index is 614. The van der Waals surface area contributed by atoms with E-state index in [0.717, 1.165) is 27.6 Å². The van der Waals surface area contributed by atoms with Gasteiger partial charge in [0.2, 0.25) is 0 Å². The Labute approximate surface area is 136 Å². The zero-order valence-corrected chi connectivity index (χ0v) is 14.7. The van der Waals surface area contributed by atoms with Crippen LogP contribution in [0.1, 0.15) is 55.5 Å². The lowest BCUT2D eigenvalue weighted by atomic mass is 9.81. The van der Waals surface area contributed by atoms with E-state index < -0.39 is 6.10 Å². The van der Waals surface area contributed by atoms with Gasteiger partial charge in [-0.3, -0.25) is 0 Å². The fraction of sp³-hybridized carbons (Fsp3) is 0.368. The number of aliphatic hydroxyl groups excluding tert-OH is 1. The third-order valence-electron chi connectivity index (χ3n) is 4.34. The summed E-state index contributed by atoms with van der Waals surface area (Å²) in [5, 5.41) is 10.6. The van der Waals surface area contributed by atoms with E-state index >= 15 is 0 Å². The minimum atomic E-state index is -0.599. The van der Waals surface area contributed by atoms with Crippen molar-refractivity contribution in [3.63, 3.8) is 0 Å². The summed E-state index contributed by atoms with van der Waals surface area (Å²) >= 11 is 3.53. The molecule has 0 spiro atoms. The van der Waals surface area contributed by atoms with Crippen LogP contribution >= 0.6 is 15.9 Å². The molecule has 112 valence electrons. The number of aryl methyl sites for hydroxylation is 1. The maximum Gasteiger partial charge on any atom is 0.105 e. The number of aliphatic hydroxyl groups is 1. The van der Waals surface area contributed by atoms with Crippen molar-refractivity contribution < 1.29 is 5.11 Å². The van der Waals surface area contributed by atoms with Crippen LogP contribution < -0.4 is 0 Å². The standard InChI is InChI=1S/C19H23BrO/c1-5-19(3,4)15-9-7-14(8-10-15)18(21)16-12-13(2)6-11-17(16)20/h6-12,18,21H,5H2,1-4H3. The second-order valence-corrected chi connectivity index (χ2v) is 7.14. The van der Waals surface area contributed by atoms with Gasteiger partial charge in [-0.2, -0.15) is 0 Å². The molecule has 2 aromatic carbocycles. The maximum absolute atomic E-state index is 10.6. The smallest absolute Gasteiger partial charge is 0.105 e. The summed E-state index contributed by atoms with van der Waals surface area (Å²) in [7, 11) is 0. The monoisotopic (exact) mass is 346 g/mol. The van der Waals surface area contributed by atoms with E-state index in [4.69, 9.17) is 0 Å². The van der Waals surface area contributed by atoms with E-state index in [0.29, 0.717) is 0 Å². The molecule has 1 nitrogen and oxygen atoms in total. The van der Waals surface area contributed by atoms with E-state index in [1.807, 2.05) is 37.3 Å². The zero-order valence-electron chi connectivity index (χ0n) is 13.2. The van der Waals surface area contributed by atoms with Gasteiger partial charge in [0.15, 0.2) is 0 Å². The van der Waals surface area contributed by atoms with Crippen molar-refractivity contribution in [2.45, 2.75) is 45.6 Å². The van der Waals surface area contributed by atoms with Crippen LogP contribution in [0.5, 0.6) is 0 Å². The van der Waals surface area contributed by atoms with Crippen LogP contribution in [-0.2, 0) is 5.41 Å². The molecule has 2 rings (SSSR count). The van der Waals surface area contributed by atoms with Gasteiger partial charge in [0.05, 0.1) is 0 Å². The highest BCUT2D eigenvalue weighted by molar-refractivity contribution is 9.10. The molecule has 2 heteroatoms. The SMILES string of the molecule is CCC(C)(C)c1ccc(C(O)c2cc(C)ccc2Br)cc1. The number of halogens is 1. The van der Waals surface area contributed by atoms with Gasteiger partial charge in [0.1, 0.15) is 6.10 Å². The Hall–Kier alpha value is -1.12. The molecule has 0 aliphatic rings. The lowest BCUT2D eigenvalue weighted by Gasteiger charge is -2.24. The fourth-order valence-electron chi connectivity index (χ4n) is 2.37. The Morgan fingerprint density at radius 2 is 1.71 bits per heavy atom. The van der Waals surface area contributed by atoms with Gasteiger partial charge >= 0.3 is 0 Å². The number of hydrogen-bond donors (Lipinski definition) is 1. The second-order valence-electron chi connectivity index (χ2n) is 6.29. The number of hydrogen-bond acceptors (Lipinski definition) is 1. The van der Waals surface area contributed by atoms with Crippen molar-refractivity contribution >= 4 is 15.9 Å². The van der Waals surface area contributed by atoms with Gasteiger partial charge in [-0.05, 0) is 41.5 Å². The van der Waals surface area contributed by atoms with E-state index in [-0.39, 0.29) is 5.41 Å². The van der Waals surface area contributed by atoms with Gasteiger partial charge in [-0.15, -0.1) is 0 Å². The molecule has 1 unspecified atom stereocenters. The van der Waals surface area contributed by atoms with Crippen LogP contribution in [0.15, 0.2) is 46.9 Å². The summed E-state index contributed by atoms with van der Waals surface area (Å²) in [6, 6.07) is 14.4. The number of benzene rings is 2. The molecule has 1 N–H and O–H groups in total. The van der Waals surface area contributed by atoms with Gasteiger partial charge in [0.25, 0.3) is 0 Å². The second kappa shape index (κ2) is 6.33. The van der Waals surface area contributed by atoms with Crippen molar-refractivity contribution in [2.24, 2.45) is 0 Å². The Morgan fingerprint density at radius 1 is 1.10 bits per heavy atom. The molecular weight excluding hydrogens is 324 g/mol. The molecule has 2 aromatic rings. The first-order valence-corrected chi connectivity index (χ1v) is 8.19. The first-order chi connectivity index (χ1) is 9.85. The highest BCUT2D eigenvalue weighted by Crippen LogP contribution is 2.32. The van der Waals surface area contributed by atoms with Crippen LogP contribution in [0.25, 0.3) is 0 Å². The normalized spacial score (nSPS) is 13.2. The predicted octanol–water partition coefficient (Wildman–Crippen LogP) is 5.53. The molecule has 0 aromatic heterocycles. The van der Waals surface area contributed by atoms with Crippen LogP contribution in [-0.4, -0.2) is 5.11 Å². The van der Waals surface area contributed by atoms with Gasteiger partial charge < -0.3 is 5.11 Å². The average Bonchev–Trinajstić information content (AvgIpc) is 2.49. The van der Waals surface area contributed by atoms with Gasteiger partial charge in [-0.1, -0.05) is 78.7 Å². The summed E-state index contributed by atoms with van der Waals surface area (Å²) in [6.45, 7) is 8.73. The molecule has 1 atom stereocenters. The minimum Gasteiger partial charge on any atom is -0.384 e. The highest BCUT2D eigenvalue weighted by atomic mass is 79.9. The van der Waals surface area contributed by atoms with Crippen molar-refractivity contribution in [1.82, 2.24) is 0 Å². The van der Waals surface area contributed by atoms with E-state index in [1.165, 1.54) is 5.56 Å². The molecule has 0 amide bonds. The fourth-order valence-corrected chi connectivity index (χ4v) is 2.84. The summed E-state index contributed by atoms with van der Waals surface area (Å²) in [5.74, 6) is 0. The van der Waals surface area contributed by atoms with Crippen molar-refractivity contribution in [2.75, 3.05) is 0 Å². The van der Waals surface area contributed by atoms with E-state index in [2.05, 4.69) is 48.8 Å². The van der Waals surface area contributed by atoms with E-state index in [1.54, 1.807) is 0 Å². The Kier molecular flexibility index (Phi) is 4.90. The molecule has 0 fully saturated rings. The first kappa shape index (κ1) is 16.3. The third kappa shape index (κ3) is 3.56. The van der Waals surface area contributed by atoms with Crippen molar-refractivity contribution in [3.8, 4) is 0 Å². The highest BCUT2D eigenvalue weighted by Gasteiger charge is 2.19. The lowest BCUT2D eigenvalue weighted by Crippen LogP contribution is -2.15. The molecule has 0 aliphatic heterocycles. The Balaban J connectivity index is 2.32. The summed E-state index contributed by atoms with van der Waals surface area (Å²) in [6.07, 6.45) is 0.497. The topological polar surface area (TPSA) is 20.2 Å². The predicted molar refractivity (Wildman–Crippen MR) is 92.7 cm³/mol. The molecule has 0 radical (unpaired) electrons. The molecular formula is C19H23BrO. The van der Waals surface area contributed by atoms with Crippen LogP contribution in [0, 0.1) is 6.92 Å². The molecule has 0 heterocycles. The van der Waals surface area contributed by atoms with E-state index in [9.17, 15) is 5.11 Å². The minimum absolute atomic E-state index is 0.174. The summed E-state index contributed by atoms with van der Waals surface area (Å²) < 4.78 is 0.943. The summed E-state index contributed by atoms with van der Waals surface area (Å²) in [4.78, 5) is 0. The summed E-state index contributed by atoms with van der Waals surface area (Å²) in [5.41, 5.74) is 4.47. The average molecular weight is 347 g/mol. The molecule has 0 aliphatic carbocycles. The molecule has 21 heavy (non-hydrogen) atoms. The molecule has 0 saturated carbocycles. The zero-order chi connectivity index (χ0) is 15.6. The van der Waals surface area contributed by atoms with Crippen LogP contribution in [0.2, 0.25) is 0 Å².